The molecule has 2 aliphatic carbocycles. The summed E-state index contributed by atoms with van der Waals surface area (Å²) in [6.07, 6.45) is 5.66. The summed E-state index contributed by atoms with van der Waals surface area (Å²) < 4.78 is 62.0. The number of ether oxygens (including phenoxy) is 1. The van der Waals surface area contributed by atoms with Gasteiger partial charge >= 0.3 is 0 Å². The zero-order valence-electron chi connectivity index (χ0n) is 17.3. The Balaban J connectivity index is 1.92. The quantitative estimate of drug-likeness (QED) is 0.732. The number of aliphatic hydroxyl groups is 1. The highest BCUT2D eigenvalue weighted by Gasteiger charge is 2.61. The van der Waals surface area contributed by atoms with Crippen molar-refractivity contribution < 1.29 is 31.8 Å². The van der Waals surface area contributed by atoms with E-state index in [1.807, 2.05) is 0 Å². The summed E-state index contributed by atoms with van der Waals surface area (Å²) in [5, 5.41) is 9.76. The fourth-order valence-corrected chi connectivity index (χ4v) is 7.91. The number of rotatable bonds is 5. The van der Waals surface area contributed by atoms with Gasteiger partial charge in [-0.1, -0.05) is 12.5 Å². The highest BCUT2D eigenvalue weighted by molar-refractivity contribution is 7.96. The molecule has 5 nitrogen and oxygen atoms in total. The summed E-state index contributed by atoms with van der Waals surface area (Å²) in [6, 6.07) is 1.90. The summed E-state index contributed by atoms with van der Waals surface area (Å²) in [5.41, 5.74) is -0.239. The molecule has 0 amide bonds. The minimum absolute atomic E-state index is 0.0372. The number of hydrogen-bond acceptors (Lipinski definition) is 5. The van der Waals surface area contributed by atoms with E-state index in [1.54, 1.807) is 6.92 Å². The van der Waals surface area contributed by atoms with E-state index < -0.39 is 38.2 Å². The molecule has 1 N–H and O–H groups in total. The van der Waals surface area contributed by atoms with E-state index in [-0.39, 0.29) is 47.4 Å². The second kappa shape index (κ2) is 8.13. The molecule has 0 spiro atoms. The number of sulfone groups is 1. The van der Waals surface area contributed by atoms with Crippen LogP contribution in [-0.4, -0.2) is 32.0 Å². The molecule has 8 heteroatoms. The first-order valence-corrected chi connectivity index (χ1v) is 12.1. The number of carbonyl (C=O) groups is 1. The van der Waals surface area contributed by atoms with Gasteiger partial charge in [0.1, 0.15) is 10.6 Å². The highest BCUT2D eigenvalue weighted by Crippen LogP contribution is 2.58. The first kappa shape index (κ1) is 22.1. The van der Waals surface area contributed by atoms with Crippen molar-refractivity contribution in [1.29, 1.82) is 0 Å². The molecule has 31 heavy (non-hydrogen) atoms. The maximum absolute atomic E-state index is 15.2. The van der Waals surface area contributed by atoms with Crippen molar-refractivity contribution in [3.63, 3.8) is 0 Å². The average Bonchev–Trinajstić information content (AvgIpc) is 2.74. The van der Waals surface area contributed by atoms with Crippen molar-refractivity contribution in [2.45, 2.75) is 56.3 Å². The van der Waals surface area contributed by atoms with Gasteiger partial charge in [-0.25, -0.2) is 17.2 Å². The van der Waals surface area contributed by atoms with E-state index in [2.05, 4.69) is 0 Å². The Labute approximate surface area is 180 Å². The maximum Gasteiger partial charge on any atom is 0.188 e. The predicted octanol–water partition coefficient (Wildman–Crippen LogP) is 3.96. The predicted molar refractivity (Wildman–Crippen MR) is 111 cm³/mol. The number of halogens is 2. The number of ketones is 1. The average molecular weight is 453 g/mol. The molecular formula is C23H26F2O5S. The smallest absolute Gasteiger partial charge is 0.188 e. The van der Waals surface area contributed by atoms with E-state index in [0.29, 0.717) is 19.3 Å². The normalized spacial score (nSPS) is 28.9. The SMILES string of the molecule is CC(O)CCC1CCCC2(S(=O)(=O)C3=CCC(=O)C=C3)c3c(F)ccc(F)c3OCC12. The van der Waals surface area contributed by atoms with Gasteiger partial charge in [0.2, 0.25) is 0 Å². The van der Waals surface area contributed by atoms with Crippen LogP contribution in [0.1, 0.15) is 51.0 Å². The summed E-state index contributed by atoms with van der Waals surface area (Å²) in [5.74, 6) is -2.89. The van der Waals surface area contributed by atoms with Crippen LogP contribution in [0.4, 0.5) is 8.78 Å². The Bertz CT molecular complexity index is 1060. The van der Waals surface area contributed by atoms with Crippen LogP contribution >= 0.6 is 0 Å². The topological polar surface area (TPSA) is 80.7 Å². The van der Waals surface area contributed by atoms with Crippen molar-refractivity contribution in [3.8, 4) is 5.75 Å². The van der Waals surface area contributed by atoms with Gasteiger partial charge in [-0.3, -0.25) is 4.79 Å². The minimum atomic E-state index is -4.18. The maximum atomic E-state index is 15.2. The van der Waals surface area contributed by atoms with E-state index in [9.17, 15) is 22.7 Å². The fourth-order valence-electron chi connectivity index (χ4n) is 5.41. The van der Waals surface area contributed by atoms with E-state index in [1.165, 1.54) is 18.2 Å². The van der Waals surface area contributed by atoms with Crippen molar-refractivity contribution in [2.24, 2.45) is 11.8 Å². The Morgan fingerprint density at radius 2 is 2.00 bits per heavy atom. The lowest BCUT2D eigenvalue weighted by Gasteiger charge is -2.50. The van der Waals surface area contributed by atoms with E-state index >= 15 is 4.39 Å². The molecule has 1 aliphatic heterocycles. The van der Waals surface area contributed by atoms with Gasteiger partial charge in [-0.15, -0.1) is 0 Å². The molecule has 0 radical (unpaired) electrons. The number of allylic oxidation sites excluding steroid dienone is 3. The molecule has 1 aromatic carbocycles. The molecule has 4 rings (SSSR count). The largest absolute Gasteiger partial charge is 0.490 e. The number of carbonyl (C=O) groups excluding carboxylic acids is 1. The number of hydrogen-bond donors (Lipinski definition) is 1. The first-order valence-electron chi connectivity index (χ1n) is 10.6. The molecule has 4 atom stereocenters. The molecule has 0 bridgehead atoms. The van der Waals surface area contributed by atoms with Gasteiger partial charge in [-0.05, 0) is 62.8 Å². The summed E-state index contributed by atoms with van der Waals surface area (Å²) in [7, 11) is -4.18. The van der Waals surface area contributed by atoms with Crippen molar-refractivity contribution in [2.75, 3.05) is 6.61 Å². The van der Waals surface area contributed by atoms with Gasteiger partial charge in [0.25, 0.3) is 0 Å². The van der Waals surface area contributed by atoms with Gasteiger partial charge < -0.3 is 9.84 Å². The zero-order chi connectivity index (χ0) is 22.4. The molecule has 1 saturated carbocycles. The molecule has 1 heterocycles. The summed E-state index contributed by atoms with van der Waals surface area (Å²) >= 11 is 0. The van der Waals surface area contributed by atoms with Crippen LogP contribution in [0.2, 0.25) is 0 Å². The molecule has 168 valence electrons. The first-order chi connectivity index (χ1) is 14.7. The van der Waals surface area contributed by atoms with Gasteiger partial charge in [0.05, 0.1) is 23.2 Å². The molecule has 1 fully saturated rings. The fraction of sp³-hybridized carbons (Fsp3) is 0.522. The van der Waals surface area contributed by atoms with E-state index in [4.69, 9.17) is 4.74 Å². The van der Waals surface area contributed by atoms with Gasteiger partial charge in [0.15, 0.2) is 27.2 Å². The van der Waals surface area contributed by atoms with Crippen LogP contribution in [0.5, 0.6) is 5.75 Å². The summed E-state index contributed by atoms with van der Waals surface area (Å²) in [4.78, 5) is 11.6. The number of benzene rings is 1. The third-order valence-corrected chi connectivity index (χ3v) is 9.46. The number of fused-ring (bicyclic) bond motifs is 3. The molecule has 0 saturated heterocycles. The lowest BCUT2D eigenvalue weighted by molar-refractivity contribution is -0.113. The second-order valence-corrected chi connectivity index (χ2v) is 10.9. The highest BCUT2D eigenvalue weighted by atomic mass is 32.2. The van der Waals surface area contributed by atoms with Crippen LogP contribution in [0.3, 0.4) is 0 Å². The lowest BCUT2D eigenvalue weighted by atomic mass is 9.66. The van der Waals surface area contributed by atoms with Crippen molar-refractivity contribution in [3.05, 3.63) is 52.5 Å². The Morgan fingerprint density at radius 3 is 2.68 bits per heavy atom. The van der Waals surface area contributed by atoms with Crippen molar-refractivity contribution >= 4 is 15.6 Å². The standard InChI is InChI=1S/C23H26F2O5S/c1-14(26)4-5-15-3-2-12-23(31(28,29)17-8-6-16(27)7-9-17)18(15)13-30-22-20(25)11-10-19(24)21(22)23/h6,8-11,14-15,18,26H,2-5,7,12-13H2,1H3. The van der Waals surface area contributed by atoms with Gasteiger partial charge in [0, 0.05) is 12.3 Å². The van der Waals surface area contributed by atoms with Crippen LogP contribution in [0.25, 0.3) is 0 Å². The monoisotopic (exact) mass is 452 g/mol. The minimum Gasteiger partial charge on any atom is -0.490 e. The van der Waals surface area contributed by atoms with E-state index in [0.717, 1.165) is 18.6 Å². The van der Waals surface area contributed by atoms with Crippen LogP contribution in [-0.2, 0) is 19.4 Å². The zero-order valence-corrected chi connectivity index (χ0v) is 18.1. The molecule has 3 aliphatic rings. The summed E-state index contributed by atoms with van der Waals surface area (Å²) in [6.45, 7) is 1.62. The Hall–Kier alpha value is -2.06. The van der Waals surface area contributed by atoms with Crippen LogP contribution in [0, 0.1) is 23.5 Å². The third-order valence-electron chi connectivity index (χ3n) is 6.86. The van der Waals surface area contributed by atoms with Crippen LogP contribution in [0.15, 0.2) is 35.3 Å². The molecular weight excluding hydrogens is 426 g/mol. The Morgan fingerprint density at radius 1 is 1.26 bits per heavy atom. The molecule has 4 unspecified atom stereocenters. The van der Waals surface area contributed by atoms with Crippen LogP contribution < -0.4 is 4.74 Å². The van der Waals surface area contributed by atoms with Gasteiger partial charge in [-0.2, -0.15) is 0 Å². The lowest BCUT2D eigenvalue weighted by Crippen LogP contribution is -2.54. The third kappa shape index (κ3) is 3.53. The Kier molecular flexibility index (Phi) is 5.81. The molecule has 0 aromatic heterocycles. The second-order valence-electron chi connectivity index (χ2n) is 8.73. The number of aliphatic hydroxyl groups excluding tert-OH is 1. The van der Waals surface area contributed by atoms with Crippen molar-refractivity contribution in [1.82, 2.24) is 0 Å². The molecule has 1 aromatic rings.